The van der Waals surface area contributed by atoms with Crippen molar-refractivity contribution in [3.05, 3.63) is 29.6 Å². The lowest BCUT2D eigenvalue weighted by Crippen LogP contribution is -2.19. The zero-order valence-corrected chi connectivity index (χ0v) is 10.9. The summed E-state index contributed by atoms with van der Waals surface area (Å²) in [7, 11) is 0. The van der Waals surface area contributed by atoms with Gasteiger partial charge in [-0.25, -0.2) is 0 Å². The van der Waals surface area contributed by atoms with Gasteiger partial charge < -0.3 is 21.0 Å². The second-order valence-electron chi connectivity index (χ2n) is 4.73. The van der Waals surface area contributed by atoms with Gasteiger partial charge in [-0.2, -0.15) is 0 Å². The molecule has 0 radical (unpaired) electrons. The van der Waals surface area contributed by atoms with Crippen molar-refractivity contribution in [1.29, 1.82) is 0 Å². The molecule has 1 fully saturated rings. The van der Waals surface area contributed by atoms with E-state index in [-0.39, 0.29) is 5.84 Å². The van der Waals surface area contributed by atoms with Crippen molar-refractivity contribution in [1.82, 2.24) is 10.3 Å². The van der Waals surface area contributed by atoms with E-state index < -0.39 is 0 Å². The second kappa shape index (κ2) is 7.06. The minimum atomic E-state index is 0.0324. The van der Waals surface area contributed by atoms with E-state index in [1.165, 1.54) is 6.42 Å². The molecule has 0 saturated carbocycles. The molecule has 0 bridgehead atoms. The summed E-state index contributed by atoms with van der Waals surface area (Å²) in [6.45, 7) is 3.51. The number of ether oxygens (including phenoxy) is 1. The molecular weight excluding hydrogens is 244 g/mol. The van der Waals surface area contributed by atoms with Gasteiger partial charge in [0.15, 0.2) is 5.84 Å². The maximum absolute atomic E-state index is 8.61. The van der Waals surface area contributed by atoms with E-state index >= 15 is 0 Å². The van der Waals surface area contributed by atoms with Crippen molar-refractivity contribution in [2.75, 3.05) is 19.8 Å². The Labute approximate surface area is 112 Å². The Morgan fingerprint density at radius 1 is 1.63 bits per heavy atom. The molecule has 1 aliphatic rings. The van der Waals surface area contributed by atoms with Crippen LogP contribution in [0.25, 0.3) is 0 Å². The third kappa shape index (κ3) is 4.18. The fourth-order valence-electron chi connectivity index (χ4n) is 2.13. The monoisotopic (exact) mass is 264 g/mol. The van der Waals surface area contributed by atoms with E-state index in [1.807, 2.05) is 12.1 Å². The zero-order chi connectivity index (χ0) is 13.5. The summed E-state index contributed by atoms with van der Waals surface area (Å²) in [5, 5.41) is 14.9. The maximum atomic E-state index is 8.61. The molecule has 1 unspecified atom stereocenters. The van der Waals surface area contributed by atoms with Gasteiger partial charge in [-0.15, -0.1) is 0 Å². The Kier molecular flexibility index (Phi) is 5.11. The third-order valence-electron chi connectivity index (χ3n) is 3.28. The zero-order valence-electron chi connectivity index (χ0n) is 10.9. The van der Waals surface area contributed by atoms with Gasteiger partial charge in [0, 0.05) is 26.0 Å². The molecule has 1 atom stereocenters. The summed E-state index contributed by atoms with van der Waals surface area (Å²) in [6.07, 6.45) is 3.97. The van der Waals surface area contributed by atoms with E-state index in [1.54, 1.807) is 6.20 Å². The molecule has 1 aromatic rings. The average Bonchev–Trinajstić information content (AvgIpc) is 2.96. The summed E-state index contributed by atoms with van der Waals surface area (Å²) < 4.78 is 5.34. The highest BCUT2D eigenvalue weighted by molar-refractivity contribution is 5.95. The molecular formula is C13H20N4O2. The van der Waals surface area contributed by atoms with E-state index in [2.05, 4.69) is 15.5 Å². The Morgan fingerprint density at radius 3 is 3.26 bits per heavy atom. The SMILES string of the molecule is N/C(=N/O)c1cc(CNCCC2CCOC2)ccn1. The fourth-order valence-corrected chi connectivity index (χ4v) is 2.13. The van der Waals surface area contributed by atoms with Gasteiger partial charge in [-0.3, -0.25) is 4.98 Å². The van der Waals surface area contributed by atoms with E-state index in [0.29, 0.717) is 11.6 Å². The highest BCUT2D eigenvalue weighted by Gasteiger charge is 2.14. The van der Waals surface area contributed by atoms with Crippen molar-refractivity contribution in [2.24, 2.45) is 16.8 Å². The Bertz CT molecular complexity index is 430. The maximum Gasteiger partial charge on any atom is 0.188 e. The van der Waals surface area contributed by atoms with Gasteiger partial charge in [0.1, 0.15) is 5.69 Å². The van der Waals surface area contributed by atoms with Crippen LogP contribution >= 0.6 is 0 Å². The minimum Gasteiger partial charge on any atom is -0.409 e. The molecule has 0 aromatic carbocycles. The van der Waals surface area contributed by atoms with Crippen molar-refractivity contribution in [3.63, 3.8) is 0 Å². The number of hydrogen-bond acceptors (Lipinski definition) is 5. The van der Waals surface area contributed by atoms with Crippen LogP contribution in [0.1, 0.15) is 24.1 Å². The molecule has 2 heterocycles. The van der Waals surface area contributed by atoms with Crippen LogP contribution in [0.2, 0.25) is 0 Å². The summed E-state index contributed by atoms with van der Waals surface area (Å²) in [6, 6.07) is 3.74. The Hall–Kier alpha value is -1.66. The fraction of sp³-hybridized carbons (Fsp3) is 0.538. The number of pyridine rings is 1. The number of nitrogens with two attached hydrogens (primary N) is 1. The Balaban J connectivity index is 1.76. The van der Waals surface area contributed by atoms with Gasteiger partial charge in [0.05, 0.1) is 0 Å². The highest BCUT2D eigenvalue weighted by atomic mass is 16.5. The lowest BCUT2D eigenvalue weighted by molar-refractivity contribution is 0.184. The van der Waals surface area contributed by atoms with Crippen LogP contribution in [0.4, 0.5) is 0 Å². The van der Waals surface area contributed by atoms with Crippen molar-refractivity contribution in [2.45, 2.75) is 19.4 Å². The van der Waals surface area contributed by atoms with Crippen LogP contribution in [-0.4, -0.2) is 35.8 Å². The van der Waals surface area contributed by atoms with Crippen molar-refractivity contribution < 1.29 is 9.94 Å². The van der Waals surface area contributed by atoms with Crippen LogP contribution in [0.5, 0.6) is 0 Å². The quantitative estimate of drug-likeness (QED) is 0.231. The summed E-state index contributed by atoms with van der Waals surface area (Å²) >= 11 is 0. The average molecular weight is 264 g/mol. The van der Waals surface area contributed by atoms with Gasteiger partial charge >= 0.3 is 0 Å². The number of hydrogen-bond donors (Lipinski definition) is 3. The number of oxime groups is 1. The minimum absolute atomic E-state index is 0.0324. The molecule has 104 valence electrons. The van der Waals surface area contributed by atoms with Crippen LogP contribution in [0.3, 0.4) is 0 Å². The van der Waals surface area contributed by atoms with Crippen LogP contribution in [0.15, 0.2) is 23.5 Å². The standard InChI is InChI=1S/C13H20N4O2/c14-13(17-18)12-7-11(2-5-16-12)8-15-4-1-10-3-6-19-9-10/h2,5,7,10,15,18H,1,3-4,6,8-9H2,(H2,14,17). The topological polar surface area (TPSA) is 92.8 Å². The largest absolute Gasteiger partial charge is 0.409 e. The van der Waals surface area contributed by atoms with Crippen molar-refractivity contribution >= 4 is 5.84 Å². The molecule has 0 aliphatic carbocycles. The predicted octanol–water partition coefficient (Wildman–Crippen LogP) is 0.692. The molecule has 2 rings (SSSR count). The summed E-state index contributed by atoms with van der Waals surface area (Å²) in [5.41, 5.74) is 7.06. The molecule has 1 saturated heterocycles. The molecule has 1 aromatic heterocycles. The lowest BCUT2D eigenvalue weighted by Gasteiger charge is -2.09. The van der Waals surface area contributed by atoms with Crippen LogP contribution in [0, 0.1) is 5.92 Å². The molecule has 0 spiro atoms. The number of rotatable bonds is 6. The van der Waals surface area contributed by atoms with Gasteiger partial charge in [0.2, 0.25) is 0 Å². The molecule has 6 nitrogen and oxygen atoms in total. The normalized spacial score (nSPS) is 19.8. The summed E-state index contributed by atoms with van der Waals surface area (Å²) in [4.78, 5) is 4.04. The second-order valence-corrected chi connectivity index (χ2v) is 4.73. The first-order valence-corrected chi connectivity index (χ1v) is 6.51. The third-order valence-corrected chi connectivity index (χ3v) is 3.28. The number of nitrogens with zero attached hydrogens (tertiary/aromatic N) is 2. The predicted molar refractivity (Wildman–Crippen MR) is 72.0 cm³/mol. The number of nitrogens with one attached hydrogen (secondary N) is 1. The lowest BCUT2D eigenvalue weighted by atomic mass is 10.1. The molecule has 19 heavy (non-hydrogen) atoms. The van der Waals surface area contributed by atoms with Crippen LogP contribution in [-0.2, 0) is 11.3 Å². The molecule has 1 aliphatic heterocycles. The van der Waals surface area contributed by atoms with Gasteiger partial charge in [-0.1, -0.05) is 5.16 Å². The molecule has 6 heteroatoms. The van der Waals surface area contributed by atoms with E-state index in [0.717, 1.165) is 38.3 Å². The summed E-state index contributed by atoms with van der Waals surface area (Å²) in [5.74, 6) is 0.725. The van der Waals surface area contributed by atoms with Crippen molar-refractivity contribution in [3.8, 4) is 0 Å². The van der Waals surface area contributed by atoms with Gasteiger partial charge in [-0.05, 0) is 43.0 Å². The first-order valence-electron chi connectivity index (χ1n) is 6.51. The molecule has 4 N–H and O–H groups in total. The number of amidine groups is 1. The van der Waals surface area contributed by atoms with Gasteiger partial charge in [0.25, 0.3) is 0 Å². The van der Waals surface area contributed by atoms with Crippen LogP contribution < -0.4 is 11.1 Å². The molecule has 0 amide bonds. The Morgan fingerprint density at radius 2 is 2.53 bits per heavy atom. The highest BCUT2D eigenvalue weighted by Crippen LogP contribution is 2.15. The smallest absolute Gasteiger partial charge is 0.188 e. The van der Waals surface area contributed by atoms with E-state index in [4.69, 9.17) is 15.7 Å². The van der Waals surface area contributed by atoms with E-state index in [9.17, 15) is 0 Å². The first-order chi connectivity index (χ1) is 9.29. The number of aromatic nitrogens is 1. The first kappa shape index (κ1) is 13.8.